The number of benzene rings is 1. The van der Waals surface area contributed by atoms with Crippen molar-refractivity contribution in [3.05, 3.63) is 30.3 Å². The molecule has 0 bridgehead atoms. The van der Waals surface area contributed by atoms with E-state index in [1.54, 1.807) is 4.90 Å². The van der Waals surface area contributed by atoms with Crippen LogP contribution < -0.4 is 10.2 Å². The summed E-state index contributed by atoms with van der Waals surface area (Å²) in [6.07, 6.45) is 0. The van der Waals surface area contributed by atoms with E-state index in [4.69, 9.17) is 5.11 Å². The number of anilines is 1. The number of carbonyl (C=O) groups is 2. The SMILES string of the molecule is CC(NC(=O)N1CCN(c2ccccc2)CC1)C(=O)O. The minimum absolute atomic E-state index is 0.312. The average Bonchev–Trinajstić information content (AvgIpc) is 2.48. The van der Waals surface area contributed by atoms with E-state index < -0.39 is 12.0 Å². The van der Waals surface area contributed by atoms with E-state index in [-0.39, 0.29) is 6.03 Å². The Labute approximate surface area is 118 Å². The number of amides is 2. The molecule has 0 radical (unpaired) electrons. The Bertz CT molecular complexity index is 470. The Kier molecular flexibility index (Phi) is 4.45. The summed E-state index contributed by atoms with van der Waals surface area (Å²) in [5.74, 6) is -1.03. The van der Waals surface area contributed by atoms with Crippen molar-refractivity contribution < 1.29 is 14.7 Å². The van der Waals surface area contributed by atoms with E-state index in [1.165, 1.54) is 6.92 Å². The minimum atomic E-state index is -1.03. The predicted molar refractivity (Wildman–Crippen MR) is 75.9 cm³/mol. The van der Waals surface area contributed by atoms with Gasteiger partial charge in [0.05, 0.1) is 0 Å². The summed E-state index contributed by atoms with van der Waals surface area (Å²) in [7, 11) is 0. The molecule has 108 valence electrons. The molecular weight excluding hydrogens is 258 g/mol. The fraction of sp³-hybridized carbons (Fsp3) is 0.429. The molecule has 2 amide bonds. The molecule has 0 aliphatic carbocycles. The molecule has 0 saturated carbocycles. The van der Waals surface area contributed by atoms with E-state index in [1.807, 2.05) is 30.3 Å². The van der Waals surface area contributed by atoms with E-state index in [2.05, 4.69) is 10.2 Å². The first-order chi connectivity index (χ1) is 9.58. The maximum Gasteiger partial charge on any atom is 0.325 e. The number of carbonyl (C=O) groups excluding carboxylic acids is 1. The summed E-state index contributed by atoms with van der Waals surface area (Å²) in [6, 6.07) is 8.86. The van der Waals surface area contributed by atoms with Crippen LogP contribution in [-0.4, -0.2) is 54.2 Å². The second kappa shape index (κ2) is 6.27. The molecule has 20 heavy (non-hydrogen) atoms. The number of hydrogen-bond donors (Lipinski definition) is 2. The highest BCUT2D eigenvalue weighted by atomic mass is 16.4. The zero-order valence-corrected chi connectivity index (χ0v) is 11.5. The number of hydrogen-bond acceptors (Lipinski definition) is 3. The van der Waals surface area contributed by atoms with Crippen LogP contribution in [0.25, 0.3) is 0 Å². The fourth-order valence-corrected chi connectivity index (χ4v) is 2.14. The molecule has 2 N–H and O–H groups in total. The van der Waals surface area contributed by atoms with Gasteiger partial charge in [-0.05, 0) is 19.1 Å². The quantitative estimate of drug-likeness (QED) is 0.864. The molecule has 6 nitrogen and oxygen atoms in total. The maximum absolute atomic E-state index is 11.9. The van der Waals surface area contributed by atoms with E-state index in [0.717, 1.165) is 18.8 Å². The van der Waals surface area contributed by atoms with E-state index >= 15 is 0 Å². The molecule has 1 aromatic carbocycles. The van der Waals surface area contributed by atoms with Gasteiger partial charge >= 0.3 is 12.0 Å². The third-order valence-electron chi connectivity index (χ3n) is 3.40. The Morgan fingerprint density at radius 2 is 1.75 bits per heavy atom. The third kappa shape index (κ3) is 3.40. The topological polar surface area (TPSA) is 72.9 Å². The van der Waals surface area contributed by atoms with Crippen molar-refractivity contribution >= 4 is 17.7 Å². The molecule has 6 heteroatoms. The van der Waals surface area contributed by atoms with Crippen LogP contribution in [-0.2, 0) is 4.79 Å². The summed E-state index contributed by atoms with van der Waals surface area (Å²) >= 11 is 0. The molecule has 1 unspecified atom stereocenters. The summed E-state index contributed by atoms with van der Waals surface area (Å²) in [4.78, 5) is 26.5. The molecule has 1 aliphatic heterocycles. The first kappa shape index (κ1) is 14.2. The van der Waals surface area contributed by atoms with Gasteiger partial charge in [-0.25, -0.2) is 4.79 Å². The second-order valence-electron chi connectivity index (χ2n) is 4.82. The van der Waals surface area contributed by atoms with Crippen LogP contribution in [0.4, 0.5) is 10.5 Å². The molecule has 0 spiro atoms. The van der Waals surface area contributed by atoms with Gasteiger partial charge in [0.25, 0.3) is 0 Å². The molecule has 1 fully saturated rings. The zero-order valence-electron chi connectivity index (χ0n) is 11.5. The molecule has 1 atom stereocenters. The monoisotopic (exact) mass is 277 g/mol. The van der Waals surface area contributed by atoms with Crippen molar-refractivity contribution in [2.45, 2.75) is 13.0 Å². The molecule has 2 rings (SSSR count). The van der Waals surface area contributed by atoms with Gasteiger partial charge in [0.2, 0.25) is 0 Å². The first-order valence-corrected chi connectivity index (χ1v) is 6.66. The lowest BCUT2D eigenvalue weighted by Crippen LogP contribution is -2.54. The minimum Gasteiger partial charge on any atom is -0.480 e. The standard InChI is InChI=1S/C14H19N3O3/c1-11(13(18)19)15-14(20)17-9-7-16(8-10-17)12-5-3-2-4-6-12/h2-6,11H,7-10H2,1H3,(H,15,20)(H,18,19). The number of urea groups is 1. The third-order valence-corrected chi connectivity index (χ3v) is 3.40. The number of carboxylic acids is 1. The van der Waals surface area contributed by atoms with Crippen molar-refractivity contribution in [1.29, 1.82) is 0 Å². The molecule has 1 saturated heterocycles. The van der Waals surface area contributed by atoms with Gasteiger partial charge < -0.3 is 20.2 Å². The number of carboxylic acid groups (broad SMARTS) is 1. The van der Waals surface area contributed by atoms with Gasteiger partial charge in [-0.1, -0.05) is 18.2 Å². The highest BCUT2D eigenvalue weighted by Gasteiger charge is 2.23. The molecule has 1 heterocycles. The summed E-state index contributed by atoms with van der Waals surface area (Å²) in [5.41, 5.74) is 1.14. The highest BCUT2D eigenvalue weighted by Crippen LogP contribution is 2.15. The summed E-state index contributed by atoms with van der Waals surface area (Å²) in [6.45, 7) is 4.14. The maximum atomic E-state index is 11.9. The molecular formula is C14H19N3O3. The van der Waals surface area contributed by atoms with Gasteiger partial charge in [0, 0.05) is 31.9 Å². The molecule has 1 aliphatic rings. The Morgan fingerprint density at radius 1 is 1.15 bits per heavy atom. The number of nitrogens with one attached hydrogen (secondary N) is 1. The van der Waals surface area contributed by atoms with Crippen LogP contribution in [0.15, 0.2) is 30.3 Å². The van der Waals surface area contributed by atoms with E-state index in [0.29, 0.717) is 13.1 Å². The summed E-state index contributed by atoms with van der Waals surface area (Å²) < 4.78 is 0. The molecule has 0 aromatic heterocycles. The van der Waals surface area contributed by atoms with Crippen molar-refractivity contribution in [3.8, 4) is 0 Å². The first-order valence-electron chi connectivity index (χ1n) is 6.66. The Morgan fingerprint density at radius 3 is 2.30 bits per heavy atom. The number of nitrogens with zero attached hydrogens (tertiary/aromatic N) is 2. The lowest BCUT2D eigenvalue weighted by Gasteiger charge is -2.36. The number of para-hydroxylation sites is 1. The predicted octanol–water partition coefficient (Wildman–Crippen LogP) is 0.991. The summed E-state index contributed by atoms with van der Waals surface area (Å²) in [5, 5.41) is 11.3. The normalized spacial score (nSPS) is 16.6. The van der Waals surface area contributed by atoms with Gasteiger partial charge in [-0.15, -0.1) is 0 Å². The Balaban J connectivity index is 1.85. The highest BCUT2D eigenvalue weighted by molar-refractivity contribution is 5.82. The Hall–Kier alpha value is -2.24. The van der Waals surface area contributed by atoms with Crippen LogP contribution in [0.3, 0.4) is 0 Å². The van der Waals surface area contributed by atoms with Crippen molar-refractivity contribution in [2.75, 3.05) is 31.1 Å². The zero-order chi connectivity index (χ0) is 14.5. The van der Waals surface area contributed by atoms with Gasteiger partial charge in [0.1, 0.15) is 6.04 Å². The van der Waals surface area contributed by atoms with Crippen LogP contribution in [0.2, 0.25) is 0 Å². The van der Waals surface area contributed by atoms with Crippen LogP contribution in [0, 0.1) is 0 Å². The van der Waals surface area contributed by atoms with Crippen LogP contribution >= 0.6 is 0 Å². The fourth-order valence-electron chi connectivity index (χ4n) is 2.14. The lowest BCUT2D eigenvalue weighted by atomic mass is 10.2. The number of rotatable bonds is 3. The van der Waals surface area contributed by atoms with Crippen molar-refractivity contribution in [2.24, 2.45) is 0 Å². The lowest BCUT2D eigenvalue weighted by molar-refractivity contribution is -0.138. The van der Waals surface area contributed by atoms with Crippen molar-refractivity contribution in [3.63, 3.8) is 0 Å². The second-order valence-corrected chi connectivity index (χ2v) is 4.82. The van der Waals surface area contributed by atoms with Gasteiger partial charge in [-0.2, -0.15) is 0 Å². The molecule has 1 aromatic rings. The smallest absolute Gasteiger partial charge is 0.325 e. The van der Waals surface area contributed by atoms with Gasteiger partial charge in [0.15, 0.2) is 0 Å². The average molecular weight is 277 g/mol. The number of piperazine rings is 1. The van der Waals surface area contributed by atoms with Crippen molar-refractivity contribution in [1.82, 2.24) is 10.2 Å². The number of aliphatic carboxylic acids is 1. The largest absolute Gasteiger partial charge is 0.480 e. The van der Waals surface area contributed by atoms with Crippen LogP contribution in [0.5, 0.6) is 0 Å². The van der Waals surface area contributed by atoms with Crippen LogP contribution in [0.1, 0.15) is 6.92 Å². The van der Waals surface area contributed by atoms with E-state index in [9.17, 15) is 9.59 Å². The van der Waals surface area contributed by atoms with Gasteiger partial charge in [-0.3, -0.25) is 4.79 Å².